The van der Waals surface area contributed by atoms with Gasteiger partial charge in [0.1, 0.15) is 17.1 Å². The summed E-state index contributed by atoms with van der Waals surface area (Å²) in [5.41, 5.74) is 2.60. The SMILES string of the molecule is COC(=O)c1c(C)c(C)cc2c(=O)cc(-c3ccc(OC)cc3)oc12. The zero-order chi connectivity index (χ0) is 18.1. The highest BCUT2D eigenvalue weighted by Crippen LogP contribution is 2.29. The quantitative estimate of drug-likeness (QED) is 0.678. The van der Waals surface area contributed by atoms with E-state index in [0.717, 1.165) is 11.1 Å². The van der Waals surface area contributed by atoms with E-state index in [-0.39, 0.29) is 16.6 Å². The van der Waals surface area contributed by atoms with Crippen molar-refractivity contribution in [3.8, 4) is 17.1 Å². The van der Waals surface area contributed by atoms with E-state index in [2.05, 4.69) is 0 Å². The molecule has 0 radical (unpaired) electrons. The molecule has 0 fully saturated rings. The van der Waals surface area contributed by atoms with Crippen LogP contribution < -0.4 is 10.2 Å². The molecule has 0 aliphatic carbocycles. The molecule has 128 valence electrons. The van der Waals surface area contributed by atoms with Gasteiger partial charge < -0.3 is 13.9 Å². The molecule has 3 rings (SSSR count). The summed E-state index contributed by atoms with van der Waals surface area (Å²) in [7, 11) is 2.89. The van der Waals surface area contributed by atoms with Crippen molar-refractivity contribution < 1.29 is 18.7 Å². The predicted molar refractivity (Wildman–Crippen MR) is 95.3 cm³/mol. The van der Waals surface area contributed by atoms with Gasteiger partial charge in [0, 0.05) is 11.6 Å². The van der Waals surface area contributed by atoms with E-state index >= 15 is 0 Å². The Kier molecular flexibility index (Phi) is 4.31. The maximum absolute atomic E-state index is 12.6. The zero-order valence-electron chi connectivity index (χ0n) is 14.5. The van der Waals surface area contributed by atoms with Crippen molar-refractivity contribution in [1.82, 2.24) is 0 Å². The molecule has 0 aliphatic rings. The molecule has 0 N–H and O–H groups in total. The van der Waals surface area contributed by atoms with E-state index in [9.17, 15) is 9.59 Å². The van der Waals surface area contributed by atoms with E-state index in [4.69, 9.17) is 13.9 Å². The summed E-state index contributed by atoms with van der Waals surface area (Å²) < 4.78 is 16.0. The number of hydrogen-bond acceptors (Lipinski definition) is 5. The number of fused-ring (bicyclic) bond motifs is 1. The van der Waals surface area contributed by atoms with Crippen LogP contribution in [-0.4, -0.2) is 20.2 Å². The minimum atomic E-state index is -0.527. The first-order chi connectivity index (χ1) is 12.0. The van der Waals surface area contributed by atoms with Crippen LogP contribution >= 0.6 is 0 Å². The summed E-state index contributed by atoms with van der Waals surface area (Å²) in [4.78, 5) is 24.8. The van der Waals surface area contributed by atoms with Gasteiger partial charge in [-0.05, 0) is 55.3 Å². The van der Waals surface area contributed by atoms with Crippen LogP contribution in [0.1, 0.15) is 21.5 Å². The molecule has 0 atom stereocenters. The van der Waals surface area contributed by atoms with Crippen LogP contribution in [0.3, 0.4) is 0 Å². The molecule has 0 spiro atoms. The van der Waals surface area contributed by atoms with Gasteiger partial charge >= 0.3 is 5.97 Å². The lowest BCUT2D eigenvalue weighted by Crippen LogP contribution is -2.10. The monoisotopic (exact) mass is 338 g/mol. The number of rotatable bonds is 3. The summed E-state index contributed by atoms with van der Waals surface area (Å²) in [6.07, 6.45) is 0. The molecule has 3 aromatic rings. The highest BCUT2D eigenvalue weighted by Gasteiger charge is 2.20. The molecule has 5 heteroatoms. The smallest absolute Gasteiger partial charge is 0.341 e. The Morgan fingerprint density at radius 1 is 1.04 bits per heavy atom. The van der Waals surface area contributed by atoms with Crippen molar-refractivity contribution in [3.63, 3.8) is 0 Å². The van der Waals surface area contributed by atoms with E-state index in [1.807, 2.05) is 6.92 Å². The summed E-state index contributed by atoms with van der Waals surface area (Å²) >= 11 is 0. The average molecular weight is 338 g/mol. The third-order valence-electron chi connectivity index (χ3n) is 4.30. The van der Waals surface area contributed by atoms with Crippen LogP contribution in [0.5, 0.6) is 5.75 Å². The molecule has 1 aromatic heterocycles. The lowest BCUT2D eigenvalue weighted by molar-refractivity contribution is 0.0601. The summed E-state index contributed by atoms with van der Waals surface area (Å²) in [5, 5.41) is 0.362. The Bertz CT molecular complexity index is 1010. The molecule has 1 heterocycles. The minimum Gasteiger partial charge on any atom is -0.497 e. The maximum atomic E-state index is 12.6. The van der Waals surface area contributed by atoms with Gasteiger partial charge in [0.2, 0.25) is 0 Å². The Labute approximate surface area is 144 Å². The van der Waals surface area contributed by atoms with Gasteiger partial charge in [0.25, 0.3) is 0 Å². The number of carbonyl (C=O) groups is 1. The molecular formula is C20H18O5. The molecule has 0 saturated heterocycles. The fourth-order valence-electron chi connectivity index (χ4n) is 2.76. The largest absolute Gasteiger partial charge is 0.497 e. The Hall–Kier alpha value is -3.08. The molecule has 0 bridgehead atoms. The fourth-order valence-corrected chi connectivity index (χ4v) is 2.76. The first-order valence-corrected chi connectivity index (χ1v) is 7.77. The van der Waals surface area contributed by atoms with E-state index in [0.29, 0.717) is 22.5 Å². The van der Waals surface area contributed by atoms with Gasteiger partial charge in [-0.1, -0.05) is 0 Å². The van der Waals surface area contributed by atoms with Gasteiger partial charge in [0.05, 0.1) is 19.6 Å². The first-order valence-electron chi connectivity index (χ1n) is 7.77. The van der Waals surface area contributed by atoms with E-state index in [1.165, 1.54) is 13.2 Å². The second-order valence-electron chi connectivity index (χ2n) is 5.77. The minimum absolute atomic E-state index is 0.208. The lowest BCUT2D eigenvalue weighted by Gasteiger charge is -2.11. The molecule has 0 aliphatic heterocycles. The molecule has 2 aromatic carbocycles. The van der Waals surface area contributed by atoms with Crippen molar-refractivity contribution in [3.05, 3.63) is 63.3 Å². The molecule has 5 nitrogen and oxygen atoms in total. The van der Waals surface area contributed by atoms with Crippen molar-refractivity contribution in [2.45, 2.75) is 13.8 Å². The Balaban J connectivity index is 2.32. The summed E-state index contributed by atoms with van der Waals surface area (Å²) in [6, 6.07) is 10.3. The van der Waals surface area contributed by atoms with Gasteiger partial charge in [-0.25, -0.2) is 4.79 Å². The first kappa shape index (κ1) is 16.8. The summed E-state index contributed by atoms with van der Waals surface area (Å²) in [6.45, 7) is 3.65. The molecule has 25 heavy (non-hydrogen) atoms. The second-order valence-corrected chi connectivity index (χ2v) is 5.77. The number of hydrogen-bond donors (Lipinski definition) is 0. The zero-order valence-corrected chi connectivity index (χ0v) is 14.5. The number of esters is 1. The number of ether oxygens (including phenoxy) is 2. The van der Waals surface area contributed by atoms with Gasteiger partial charge in [-0.2, -0.15) is 0 Å². The predicted octanol–water partition coefficient (Wildman–Crippen LogP) is 3.87. The number of benzene rings is 2. The normalized spacial score (nSPS) is 10.7. The highest BCUT2D eigenvalue weighted by atomic mass is 16.5. The van der Waals surface area contributed by atoms with Crippen molar-refractivity contribution in [1.29, 1.82) is 0 Å². The van der Waals surface area contributed by atoms with Crippen LogP contribution in [0.25, 0.3) is 22.3 Å². The number of aryl methyl sites for hydroxylation is 1. The molecule has 0 amide bonds. The number of carbonyl (C=O) groups excluding carboxylic acids is 1. The van der Waals surface area contributed by atoms with Crippen LogP contribution in [0.2, 0.25) is 0 Å². The van der Waals surface area contributed by atoms with Gasteiger partial charge in [-0.3, -0.25) is 4.79 Å². The lowest BCUT2D eigenvalue weighted by atomic mass is 9.99. The van der Waals surface area contributed by atoms with Crippen LogP contribution in [0.4, 0.5) is 0 Å². The van der Waals surface area contributed by atoms with E-state index < -0.39 is 5.97 Å². The molecule has 0 unspecified atom stereocenters. The number of methoxy groups -OCH3 is 2. The third kappa shape index (κ3) is 2.89. The Morgan fingerprint density at radius 2 is 1.72 bits per heavy atom. The standard InChI is InChI=1S/C20H18O5/c1-11-9-15-16(21)10-17(13-5-7-14(23-3)8-6-13)25-19(15)18(12(11)2)20(22)24-4/h5-10H,1-4H3. The Morgan fingerprint density at radius 3 is 2.32 bits per heavy atom. The maximum Gasteiger partial charge on any atom is 0.341 e. The topological polar surface area (TPSA) is 65.7 Å². The second kappa shape index (κ2) is 6.43. The van der Waals surface area contributed by atoms with Crippen molar-refractivity contribution >= 4 is 16.9 Å². The highest BCUT2D eigenvalue weighted by molar-refractivity contribution is 6.04. The summed E-state index contributed by atoms with van der Waals surface area (Å²) in [5.74, 6) is 0.559. The molecule has 0 saturated carbocycles. The van der Waals surface area contributed by atoms with Crippen molar-refractivity contribution in [2.75, 3.05) is 14.2 Å². The van der Waals surface area contributed by atoms with Gasteiger partial charge in [-0.15, -0.1) is 0 Å². The fraction of sp³-hybridized carbons (Fsp3) is 0.200. The van der Waals surface area contributed by atoms with Crippen LogP contribution in [0, 0.1) is 13.8 Å². The van der Waals surface area contributed by atoms with Gasteiger partial charge in [0.15, 0.2) is 11.0 Å². The third-order valence-corrected chi connectivity index (χ3v) is 4.30. The average Bonchev–Trinajstić information content (AvgIpc) is 2.63. The molecular weight excluding hydrogens is 320 g/mol. The van der Waals surface area contributed by atoms with Crippen molar-refractivity contribution in [2.24, 2.45) is 0 Å². The van der Waals surface area contributed by atoms with E-state index in [1.54, 1.807) is 44.4 Å². The van der Waals surface area contributed by atoms with Crippen LogP contribution in [0.15, 0.2) is 45.6 Å². The van der Waals surface area contributed by atoms with Crippen LogP contribution in [-0.2, 0) is 4.74 Å².